The van der Waals surface area contributed by atoms with Crippen molar-refractivity contribution in [2.24, 2.45) is 0 Å². The minimum absolute atomic E-state index is 0.457. The summed E-state index contributed by atoms with van der Waals surface area (Å²) in [6.45, 7) is 0.651. The minimum atomic E-state index is 0.457. The maximum atomic E-state index is 5.42. The summed E-state index contributed by atoms with van der Waals surface area (Å²) in [6, 6.07) is 0. The fourth-order valence-electron chi connectivity index (χ4n) is 0.750. The van der Waals surface area contributed by atoms with Crippen molar-refractivity contribution in [3.8, 4) is 0 Å². The number of nitrogens with two attached hydrogens (primary N) is 1. The number of hydrogen-bond donors (Lipinski definition) is 1. The zero-order valence-corrected chi connectivity index (χ0v) is 6.45. The molecule has 11 heavy (non-hydrogen) atoms. The summed E-state index contributed by atoms with van der Waals surface area (Å²) in [5.74, 6) is 0.457. The largest absolute Gasteiger partial charge is 0.384 e. The molecule has 0 unspecified atom stereocenters. The molecule has 0 saturated carbocycles. The summed E-state index contributed by atoms with van der Waals surface area (Å²) in [5, 5.41) is 0. The molecule has 1 aromatic heterocycles. The second kappa shape index (κ2) is 3.88. The molecule has 4 heteroatoms. The van der Waals surface area contributed by atoms with Crippen LogP contribution < -0.4 is 5.73 Å². The van der Waals surface area contributed by atoms with E-state index in [1.165, 1.54) is 6.20 Å². The lowest BCUT2D eigenvalue weighted by molar-refractivity contribution is 0.201. The lowest BCUT2D eigenvalue weighted by Gasteiger charge is -1.98. The van der Waals surface area contributed by atoms with Gasteiger partial charge >= 0.3 is 0 Å². The SMILES string of the molecule is COCCc1cncc(N)n1. The number of rotatable bonds is 3. The summed E-state index contributed by atoms with van der Waals surface area (Å²) in [7, 11) is 1.65. The maximum absolute atomic E-state index is 5.42. The molecule has 1 rings (SSSR count). The Hall–Kier alpha value is -1.16. The van der Waals surface area contributed by atoms with Crippen LogP contribution in [0, 0.1) is 0 Å². The van der Waals surface area contributed by atoms with E-state index in [9.17, 15) is 0 Å². The Morgan fingerprint density at radius 3 is 3.00 bits per heavy atom. The molecule has 2 N–H and O–H groups in total. The van der Waals surface area contributed by atoms with E-state index >= 15 is 0 Å². The smallest absolute Gasteiger partial charge is 0.142 e. The molecular formula is C7H11N3O. The van der Waals surface area contributed by atoms with Gasteiger partial charge < -0.3 is 10.5 Å². The Morgan fingerprint density at radius 1 is 1.55 bits per heavy atom. The fraction of sp³-hybridized carbons (Fsp3) is 0.429. The van der Waals surface area contributed by atoms with Gasteiger partial charge in [0.05, 0.1) is 18.5 Å². The van der Waals surface area contributed by atoms with E-state index in [1.54, 1.807) is 13.3 Å². The van der Waals surface area contributed by atoms with Crippen molar-refractivity contribution in [3.05, 3.63) is 18.1 Å². The van der Waals surface area contributed by atoms with E-state index < -0.39 is 0 Å². The molecule has 0 aromatic carbocycles. The first kappa shape index (κ1) is 7.94. The normalized spacial score (nSPS) is 9.91. The van der Waals surface area contributed by atoms with Crippen LogP contribution in [0.2, 0.25) is 0 Å². The molecule has 0 radical (unpaired) electrons. The quantitative estimate of drug-likeness (QED) is 0.676. The highest BCUT2D eigenvalue weighted by Crippen LogP contribution is 1.97. The number of aromatic nitrogens is 2. The van der Waals surface area contributed by atoms with Crippen LogP contribution in [-0.4, -0.2) is 23.7 Å². The van der Waals surface area contributed by atoms with Gasteiger partial charge in [-0.15, -0.1) is 0 Å². The van der Waals surface area contributed by atoms with Crippen LogP contribution in [0.5, 0.6) is 0 Å². The molecule has 0 saturated heterocycles. The van der Waals surface area contributed by atoms with Crippen LogP contribution in [-0.2, 0) is 11.2 Å². The molecule has 4 nitrogen and oxygen atoms in total. The first-order chi connectivity index (χ1) is 5.33. The van der Waals surface area contributed by atoms with Crippen LogP contribution in [0.3, 0.4) is 0 Å². The van der Waals surface area contributed by atoms with E-state index in [-0.39, 0.29) is 0 Å². The van der Waals surface area contributed by atoms with E-state index in [0.717, 1.165) is 12.1 Å². The molecule has 1 heterocycles. The minimum Gasteiger partial charge on any atom is -0.384 e. The van der Waals surface area contributed by atoms with E-state index in [0.29, 0.717) is 12.4 Å². The molecule has 60 valence electrons. The second-order valence-corrected chi connectivity index (χ2v) is 2.18. The summed E-state index contributed by atoms with van der Waals surface area (Å²) in [5.41, 5.74) is 6.28. The van der Waals surface area contributed by atoms with Crippen molar-refractivity contribution >= 4 is 5.82 Å². The predicted octanol–water partition coefficient (Wildman–Crippen LogP) is 0.248. The van der Waals surface area contributed by atoms with Crippen molar-refractivity contribution in [3.63, 3.8) is 0 Å². The Bertz CT molecular complexity index is 227. The zero-order valence-electron chi connectivity index (χ0n) is 6.45. The molecule has 0 amide bonds. The highest BCUT2D eigenvalue weighted by Gasteiger charge is 1.94. The number of ether oxygens (including phenoxy) is 1. The van der Waals surface area contributed by atoms with Gasteiger partial charge in [0, 0.05) is 19.7 Å². The number of anilines is 1. The van der Waals surface area contributed by atoms with E-state index in [1.807, 2.05) is 0 Å². The highest BCUT2D eigenvalue weighted by atomic mass is 16.5. The Balaban J connectivity index is 2.56. The molecule has 0 fully saturated rings. The molecule has 0 aliphatic carbocycles. The average molecular weight is 153 g/mol. The van der Waals surface area contributed by atoms with Crippen LogP contribution in [0.15, 0.2) is 12.4 Å². The number of methoxy groups -OCH3 is 1. The van der Waals surface area contributed by atoms with Crippen molar-refractivity contribution in [1.29, 1.82) is 0 Å². The van der Waals surface area contributed by atoms with Crippen LogP contribution in [0.25, 0.3) is 0 Å². The second-order valence-electron chi connectivity index (χ2n) is 2.18. The molecule has 0 aliphatic heterocycles. The monoisotopic (exact) mass is 153 g/mol. The Kier molecular flexibility index (Phi) is 2.80. The van der Waals surface area contributed by atoms with Gasteiger partial charge in [0.1, 0.15) is 5.82 Å². The maximum Gasteiger partial charge on any atom is 0.142 e. The molecule has 0 spiro atoms. The third-order valence-corrected chi connectivity index (χ3v) is 1.27. The lowest BCUT2D eigenvalue weighted by atomic mass is 10.3. The molecule has 0 aliphatic rings. The van der Waals surface area contributed by atoms with Gasteiger partial charge in [-0.1, -0.05) is 0 Å². The van der Waals surface area contributed by atoms with Gasteiger partial charge in [-0.2, -0.15) is 0 Å². The van der Waals surface area contributed by atoms with Crippen LogP contribution >= 0.6 is 0 Å². The van der Waals surface area contributed by atoms with Crippen molar-refractivity contribution in [2.75, 3.05) is 19.5 Å². The first-order valence-electron chi connectivity index (χ1n) is 3.38. The van der Waals surface area contributed by atoms with Crippen LogP contribution in [0.4, 0.5) is 5.82 Å². The standard InChI is InChI=1S/C7H11N3O/c1-11-3-2-6-4-9-5-7(8)10-6/h4-5H,2-3H2,1H3,(H2,8,10). The van der Waals surface area contributed by atoms with Gasteiger partial charge in [0.2, 0.25) is 0 Å². The predicted molar refractivity (Wildman–Crippen MR) is 42.0 cm³/mol. The Morgan fingerprint density at radius 2 is 2.36 bits per heavy atom. The summed E-state index contributed by atoms with van der Waals surface area (Å²) in [4.78, 5) is 7.94. The van der Waals surface area contributed by atoms with Gasteiger partial charge in [0.25, 0.3) is 0 Å². The van der Waals surface area contributed by atoms with Crippen LogP contribution in [0.1, 0.15) is 5.69 Å². The lowest BCUT2D eigenvalue weighted by Crippen LogP contribution is -2.00. The fourth-order valence-corrected chi connectivity index (χ4v) is 0.750. The third kappa shape index (κ3) is 2.51. The van der Waals surface area contributed by atoms with Crippen molar-refractivity contribution in [2.45, 2.75) is 6.42 Å². The molecule has 0 bridgehead atoms. The van der Waals surface area contributed by atoms with E-state index in [4.69, 9.17) is 10.5 Å². The van der Waals surface area contributed by atoms with Gasteiger partial charge in [-0.3, -0.25) is 4.98 Å². The first-order valence-corrected chi connectivity index (χ1v) is 3.38. The Labute approximate surface area is 65.4 Å². The van der Waals surface area contributed by atoms with Crippen molar-refractivity contribution < 1.29 is 4.74 Å². The molecule has 0 atom stereocenters. The average Bonchev–Trinajstić information content (AvgIpc) is 2.01. The third-order valence-electron chi connectivity index (χ3n) is 1.27. The molecular weight excluding hydrogens is 142 g/mol. The van der Waals surface area contributed by atoms with E-state index in [2.05, 4.69) is 9.97 Å². The number of nitrogen functional groups attached to an aromatic ring is 1. The summed E-state index contributed by atoms with van der Waals surface area (Å²) in [6.07, 6.45) is 3.97. The zero-order chi connectivity index (χ0) is 8.10. The number of nitrogens with zero attached hydrogens (tertiary/aromatic N) is 2. The summed E-state index contributed by atoms with van der Waals surface area (Å²) < 4.78 is 4.88. The van der Waals surface area contributed by atoms with Gasteiger partial charge in [0.15, 0.2) is 0 Å². The van der Waals surface area contributed by atoms with Gasteiger partial charge in [-0.25, -0.2) is 4.98 Å². The topological polar surface area (TPSA) is 61.0 Å². The highest BCUT2D eigenvalue weighted by molar-refractivity contribution is 5.23. The number of hydrogen-bond acceptors (Lipinski definition) is 4. The van der Waals surface area contributed by atoms with Crippen molar-refractivity contribution in [1.82, 2.24) is 9.97 Å². The van der Waals surface area contributed by atoms with Gasteiger partial charge in [-0.05, 0) is 0 Å². The summed E-state index contributed by atoms with van der Waals surface area (Å²) >= 11 is 0. The molecule has 1 aromatic rings.